The Hall–Kier alpha value is -2.55. The molecule has 1 aromatic carbocycles. The molecule has 0 atom stereocenters. The van der Waals surface area contributed by atoms with Gasteiger partial charge in [0.1, 0.15) is 5.82 Å². The van der Waals surface area contributed by atoms with Crippen molar-refractivity contribution in [3.63, 3.8) is 0 Å². The van der Waals surface area contributed by atoms with Crippen LogP contribution in [0.5, 0.6) is 0 Å². The molecule has 0 aliphatic rings. The van der Waals surface area contributed by atoms with Crippen LogP contribution in [0.15, 0.2) is 47.5 Å². The molecule has 1 N–H and O–H groups in total. The zero-order valence-electron chi connectivity index (χ0n) is 14.3. The molecule has 2 aromatic rings. The number of carbonyl (C=O) groups is 1. The predicted octanol–water partition coefficient (Wildman–Crippen LogP) is 3.18. The predicted molar refractivity (Wildman–Crippen MR) is 95.4 cm³/mol. The summed E-state index contributed by atoms with van der Waals surface area (Å²) in [5.74, 6) is -3.51. The molecule has 0 saturated carbocycles. The highest BCUT2D eigenvalue weighted by atomic mass is 32.2. The van der Waals surface area contributed by atoms with Crippen molar-refractivity contribution in [3.8, 4) is 0 Å². The van der Waals surface area contributed by atoms with Crippen LogP contribution in [0.2, 0.25) is 0 Å². The summed E-state index contributed by atoms with van der Waals surface area (Å²) >= 11 is 0. The fourth-order valence-corrected chi connectivity index (χ4v) is 3.25. The SMILES string of the molecule is CCN(CC)c1ccc(C(=O)Nc2ccccc2S(=O)(=O)C(F)F)cn1. The van der Waals surface area contributed by atoms with Gasteiger partial charge in [0, 0.05) is 19.3 Å². The van der Waals surface area contributed by atoms with Crippen LogP contribution in [-0.2, 0) is 9.84 Å². The lowest BCUT2D eigenvalue weighted by molar-refractivity contribution is 0.102. The molecular weight excluding hydrogens is 364 g/mol. The number of aromatic nitrogens is 1. The summed E-state index contributed by atoms with van der Waals surface area (Å²) in [6.07, 6.45) is 1.35. The topological polar surface area (TPSA) is 79.4 Å². The molecule has 6 nitrogen and oxygen atoms in total. The van der Waals surface area contributed by atoms with E-state index in [2.05, 4.69) is 10.3 Å². The molecular formula is C17H19F2N3O3S. The number of carbonyl (C=O) groups excluding carboxylic acids is 1. The van der Waals surface area contributed by atoms with Crippen LogP contribution in [0, 0.1) is 0 Å². The third-order valence-corrected chi connectivity index (χ3v) is 5.21. The number of anilines is 2. The van der Waals surface area contributed by atoms with Crippen LogP contribution >= 0.6 is 0 Å². The Morgan fingerprint density at radius 1 is 1.15 bits per heavy atom. The number of sulfone groups is 1. The van der Waals surface area contributed by atoms with Gasteiger partial charge in [-0.25, -0.2) is 13.4 Å². The van der Waals surface area contributed by atoms with E-state index in [1.807, 2.05) is 18.7 Å². The van der Waals surface area contributed by atoms with E-state index >= 15 is 0 Å². The van der Waals surface area contributed by atoms with Gasteiger partial charge in [-0.1, -0.05) is 12.1 Å². The summed E-state index contributed by atoms with van der Waals surface area (Å²) in [4.78, 5) is 17.9. The average molecular weight is 383 g/mol. The highest BCUT2D eigenvalue weighted by molar-refractivity contribution is 7.91. The van der Waals surface area contributed by atoms with Crippen LogP contribution in [0.3, 0.4) is 0 Å². The van der Waals surface area contributed by atoms with Crippen molar-refractivity contribution in [1.29, 1.82) is 0 Å². The number of benzene rings is 1. The molecule has 0 fully saturated rings. The first-order valence-corrected chi connectivity index (χ1v) is 9.49. The van der Waals surface area contributed by atoms with Crippen molar-refractivity contribution in [3.05, 3.63) is 48.2 Å². The van der Waals surface area contributed by atoms with E-state index < -0.39 is 26.4 Å². The smallest absolute Gasteiger partial charge is 0.341 e. The van der Waals surface area contributed by atoms with Gasteiger partial charge in [-0.15, -0.1) is 0 Å². The molecule has 2 rings (SSSR count). The van der Waals surface area contributed by atoms with Crippen LogP contribution in [-0.4, -0.2) is 38.2 Å². The van der Waals surface area contributed by atoms with Gasteiger partial charge in [0.15, 0.2) is 0 Å². The molecule has 26 heavy (non-hydrogen) atoms. The monoisotopic (exact) mass is 383 g/mol. The van der Waals surface area contributed by atoms with Gasteiger partial charge < -0.3 is 10.2 Å². The number of hydrogen-bond donors (Lipinski definition) is 1. The Bertz CT molecular complexity index is 867. The van der Waals surface area contributed by atoms with Crippen molar-refractivity contribution in [2.75, 3.05) is 23.3 Å². The number of para-hydroxylation sites is 1. The summed E-state index contributed by atoms with van der Waals surface area (Å²) < 4.78 is 49.1. The number of amides is 1. The Morgan fingerprint density at radius 2 is 1.81 bits per heavy atom. The highest BCUT2D eigenvalue weighted by Gasteiger charge is 2.29. The van der Waals surface area contributed by atoms with Gasteiger partial charge in [0.25, 0.3) is 5.91 Å². The molecule has 0 aliphatic carbocycles. The van der Waals surface area contributed by atoms with E-state index in [0.29, 0.717) is 5.82 Å². The minimum Gasteiger partial charge on any atom is -0.357 e. The summed E-state index contributed by atoms with van der Waals surface area (Å²) in [6, 6.07) is 8.25. The van der Waals surface area contributed by atoms with Crippen molar-refractivity contribution in [2.24, 2.45) is 0 Å². The van der Waals surface area contributed by atoms with E-state index in [-0.39, 0.29) is 11.3 Å². The van der Waals surface area contributed by atoms with E-state index in [9.17, 15) is 22.0 Å². The van der Waals surface area contributed by atoms with Gasteiger partial charge >= 0.3 is 5.76 Å². The van der Waals surface area contributed by atoms with Crippen molar-refractivity contribution in [2.45, 2.75) is 24.5 Å². The molecule has 1 aromatic heterocycles. The molecule has 0 aliphatic heterocycles. The normalized spacial score (nSPS) is 11.4. The zero-order valence-corrected chi connectivity index (χ0v) is 15.1. The van der Waals surface area contributed by atoms with E-state index in [4.69, 9.17) is 0 Å². The number of halogens is 2. The number of hydrogen-bond acceptors (Lipinski definition) is 5. The Balaban J connectivity index is 2.26. The fourth-order valence-electron chi connectivity index (χ4n) is 2.36. The lowest BCUT2D eigenvalue weighted by Gasteiger charge is -2.19. The number of alkyl halides is 2. The maximum absolute atomic E-state index is 12.8. The molecule has 0 saturated heterocycles. The van der Waals surface area contributed by atoms with Gasteiger partial charge in [-0.3, -0.25) is 4.79 Å². The second kappa shape index (κ2) is 8.22. The Morgan fingerprint density at radius 3 is 2.35 bits per heavy atom. The lowest BCUT2D eigenvalue weighted by Crippen LogP contribution is -2.23. The average Bonchev–Trinajstić information content (AvgIpc) is 2.63. The van der Waals surface area contributed by atoms with Crippen molar-refractivity contribution >= 4 is 27.2 Å². The molecule has 0 spiro atoms. The summed E-state index contributed by atoms with van der Waals surface area (Å²) in [5.41, 5.74) is -0.0178. The quantitative estimate of drug-likeness (QED) is 0.794. The Labute approximate surface area is 150 Å². The Kier molecular flexibility index (Phi) is 6.25. The van der Waals surface area contributed by atoms with Crippen molar-refractivity contribution in [1.82, 2.24) is 4.98 Å². The van der Waals surface area contributed by atoms with Crippen LogP contribution < -0.4 is 10.2 Å². The van der Waals surface area contributed by atoms with Crippen molar-refractivity contribution < 1.29 is 22.0 Å². The van der Waals surface area contributed by atoms with Gasteiger partial charge in [-0.05, 0) is 38.1 Å². The molecule has 0 radical (unpaired) electrons. The fraction of sp³-hybridized carbons (Fsp3) is 0.294. The lowest BCUT2D eigenvalue weighted by atomic mass is 10.2. The summed E-state index contributed by atoms with van der Waals surface area (Å²) in [6.45, 7) is 5.47. The first-order valence-electron chi connectivity index (χ1n) is 7.94. The standard InChI is InChI=1S/C17H19F2N3O3S/c1-3-22(4-2)15-10-9-12(11-20-15)16(23)21-13-7-5-6-8-14(13)26(24,25)17(18)19/h5-11,17H,3-4H2,1-2H3,(H,21,23). The van der Waals surface area contributed by atoms with Gasteiger partial charge in [0.2, 0.25) is 9.84 Å². The number of nitrogens with zero attached hydrogens (tertiary/aromatic N) is 2. The second-order valence-electron chi connectivity index (χ2n) is 5.33. The number of nitrogens with one attached hydrogen (secondary N) is 1. The summed E-state index contributed by atoms with van der Waals surface area (Å²) in [5, 5.41) is 2.36. The third kappa shape index (κ3) is 4.16. The maximum atomic E-state index is 12.8. The molecule has 1 amide bonds. The molecule has 0 bridgehead atoms. The van der Waals surface area contributed by atoms with E-state index in [0.717, 1.165) is 19.2 Å². The number of pyridine rings is 1. The minimum absolute atomic E-state index is 0.185. The third-order valence-electron chi connectivity index (χ3n) is 3.77. The zero-order chi connectivity index (χ0) is 19.3. The first-order chi connectivity index (χ1) is 12.3. The highest BCUT2D eigenvalue weighted by Crippen LogP contribution is 2.26. The van der Waals surface area contributed by atoms with Gasteiger partial charge in [0.05, 0.1) is 16.1 Å². The van der Waals surface area contributed by atoms with Crippen LogP contribution in [0.25, 0.3) is 0 Å². The second-order valence-corrected chi connectivity index (χ2v) is 7.22. The van der Waals surface area contributed by atoms with E-state index in [1.54, 1.807) is 12.1 Å². The van der Waals surface area contributed by atoms with Crippen LogP contribution in [0.4, 0.5) is 20.3 Å². The largest absolute Gasteiger partial charge is 0.357 e. The molecule has 9 heteroatoms. The molecule has 1 heterocycles. The number of rotatable bonds is 7. The first kappa shape index (κ1) is 19.8. The molecule has 140 valence electrons. The minimum atomic E-state index is -4.83. The molecule has 0 unspecified atom stereocenters. The van der Waals surface area contributed by atoms with E-state index in [1.165, 1.54) is 24.4 Å². The van der Waals surface area contributed by atoms with Crippen LogP contribution in [0.1, 0.15) is 24.2 Å². The summed E-state index contributed by atoms with van der Waals surface area (Å²) in [7, 11) is -4.83. The van der Waals surface area contributed by atoms with Gasteiger partial charge in [-0.2, -0.15) is 8.78 Å². The maximum Gasteiger partial charge on any atom is 0.341 e.